The molecule has 0 unspecified atom stereocenters. The Morgan fingerprint density at radius 1 is 1.26 bits per heavy atom. The molecular weight excluding hydrogens is 349 g/mol. The molecule has 1 aromatic carbocycles. The van der Waals surface area contributed by atoms with Crippen LogP contribution in [0.4, 0.5) is 0 Å². The number of benzene rings is 1. The van der Waals surface area contributed by atoms with Crippen LogP contribution in [0.5, 0.6) is 0 Å². The molecule has 1 aromatic rings. The average Bonchev–Trinajstić information content (AvgIpc) is 2.41. The predicted octanol–water partition coefficient (Wildman–Crippen LogP) is 4.47. The molecule has 2 rings (SSSR count). The van der Waals surface area contributed by atoms with E-state index in [0.29, 0.717) is 10.9 Å². The molecule has 1 saturated carbocycles. The normalized spacial score (nSPS) is 19.6. The Morgan fingerprint density at radius 2 is 1.89 bits per heavy atom. The quantitative estimate of drug-likeness (QED) is 0.826. The molecule has 0 amide bonds. The van der Waals surface area contributed by atoms with E-state index in [1.54, 1.807) is 0 Å². The van der Waals surface area contributed by atoms with Gasteiger partial charge in [-0.25, -0.2) is 0 Å². The van der Waals surface area contributed by atoms with Crippen LogP contribution in [0.1, 0.15) is 43.7 Å². The predicted molar refractivity (Wildman–Crippen MR) is 85.9 cm³/mol. The minimum atomic E-state index is -0.460. The van der Waals surface area contributed by atoms with Crippen molar-refractivity contribution in [2.75, 3.05) is 0 Å². The monoisotopic (exact) mass is 367 g/mol. The SMILES string of the molecule is Cl.N[C@H](c1ccc(Cl)c(Br)c1)[C@@H](O)C1CCCCC1. The molecule has 0 aromatic heterocycles. The van der Waals surface area contributed by atoms with Crippen molar-refractivity contribution in [2.45, 2.75) is 44.2 Å². The second kappa shape index (κ2) is 7.84. The molecule has 5 heteroatoms. The van der Waals surface area contributed by atoms with E-state index in [0.717, 1.165) is 22.9 Å². The van der Waals surface area contributed by atoms with Crippen LogP contribution in [0.25, 0.3) is 0 Å². The number of hydrogen-bond donors (Lipinski definition) is 2. The van der Waals surface area contributed by atoms with Gasteiger partial charge in [0, 0.05) is 4.47 Å². The highest BCUT2D eigenvalue weighted by Gasteiger charge is 2.27. The summed E-state index contributed by atoms with van der Waals surface area (Å²) >= 11 is 9.35. The molecule has 0 aliphatic heterocycles. The van der Waals surface area contributed by atoms with E-state index in [2.05, 4.69) is 15.9 Å². The molecule has 2 atom stereocenters. The van der Waals surface area contributed by atoms with Crippen molar-refractivity contribution in [1.82, 2.24) is 0 Å². The van der Waals surface area contributed by atoms with Crippen molar-refractivity contribution in [3.8, 4) is 0 Å². The summed E-state index contributed by atoms with van der Waals surface area (Å²) in [7, 11) is 0. The smallest absolute Gasteiger partial charge is 0.0760 e. The number of halogens is 3. The molecule has 3 N–H and O–H groups in total. The lowest BCUT2D eigenvalue weighted by Gasteiger charge is -2.30. The fourth-order valence-electron chi connectivity index (χ4n) is 2.69. The Balaban J connectivity index is 0.00000180. The Labute approximate surface area is 134 Å². The third-order valence-electron chi connectivity index (χ3n) is 3.83. The molecule has 0 spiro atoms. The zero-order valence-corrected chi connectivity index (χ0v) is 13.8. The first kappa shape index (κ1) is 17.3. The van der Waals surface area contributed by atoms with Gasteiger partial charge in [0.2, 0.25) is 0 Å². The topological polar surface area (TPSA) is 46.2 Å². The van der Waals surface area contributed by atoms with E-state index >= 15 is 0 Å². The van der Waals surface area contributed by atoms with Gasteiger partial charge in [-0.05, 0) is 52.4 Å². The molecule has 0 radical (unpaired) electrons. The second-order valence-electron chi connectivity index (χ2n) is 5.09. The van der Waals surface area contributed by atoms with E-state index in [1.165, 1.54) is 19.3 Å². The maximum absolute atomic E-state index is 10.4. The van der Waals surface area contributed by atoms with Crippen LogP contribution in [0.3, 0.4) is 0 Å². The van der Waals surface area contributed by atoms with Crippen molar-refractivity contribution in [3.63, 3.8) is 0 Å². The first-order valence-electron chi connectivity index (χ1n) is 6.48. The summed E-state index contributed by atoms with van der Waals surface area (Å²) in [5.74, 6) is 0.336. The zero-order chi connectivity index (χ0) is 13.1. The van der Waals surface area contributed by atoms with Crippen molar-refractivity contribution in [2.24, 2.45) is 11.7 Å². The summed E-state index contributed by atoms with van der Waals surface area (Å²) in [6.45, 7) is 0. The average molecular weight is 369 g/mol. The van der Waals surface area contributed by atoms with E-state index < -0.39 is 6.10 Å². The van der Waals surface area contributed by atoms with Crippen LogP contribution in [0.2, 0.25) is 5.02 Å². The minimum absolute atomic E-state index is 0. The Hall–Kier alpha value is 0.200. The van der Waals surface area contributed by atoms with Crippen LogP contribution in [0.15, 0.2) is 22.7 Å². The van der Waals surface area contributed by atoms with Gasteiger partial charge in [0.1, 0.15) is 0 Å². The lowest BCUT2D eigenvalue weighted by atomic mass is 9.81. The van der Waals surface area contributed by atoms with Crippen LogP contribution < -0.4 is 5.73 Å². The minimum Gasteiger partial charge on any atom is -0.391 e. The highest BCUT2D eigenvalue weighted by Crippen LogP contribution is 2.33. The van der Waals surface area contributed by atoms with Crippen molar-refractivity contribution >= 4 is 39.9 Å². The standard InChI is InChI=1S/C14H19BrClNO.ClH/c15-11-8-10(6-7-12(11)16)13(17)14(18)9-4-2-1-3-5-9;/h6-9,13-14,18H,1-5,17H2;1H/t13-,14+;/m1./s1. The van der Waals surface area contributed by atoms with Gasteiger partial charge in [-0.3, -0.25) is 0 Å². The Kier molecular flexibility index (Phi) is 7.12. The number of hydrogen-bond acceptors (Lipinski definition) is 2. The summed E-state index contributed by atoms with van der Waals surface area (Å²) in [4.78, 5) is 0. The van der Waals surface area contributed by atoms with Crippen LogP contribution in [0, 0.1) is 5.92 Å². The van der Waals surface area contributed by atoms with Gasteiger partial charge in [0.05, 0.1) is 17.2 Å². The van der Waals surface area contributed by atoms with Gasteiger partial charge in [-0.15, -0.1) is 12.4 Å². The number of rotatable bonds is 3. The van der Waals surface area contributed by atoms with E-state index in [9.17, 15) is 5.11 Å². The van der Waals surface area contributed by atoms with Crippen LogP contribution >= 0.6 is 39.9 Å². The Bertz CT molecular complexity index is 410. The number of aliphatic hydroxyl groups excluding tert-OH is 1. The molecule has 0 heterocycles. The largest absolute Gasteiger partial charge is 0.391 e. The summed E-state index contributed by atoms with van der Waals surface area (Å²) in [6, 6.07) is 5.28. The first-order chi connectivity index (χ1) is 8.59. The molecular formula is C14H20BrCl2NO. The van der Waals surface area contributed by atoms with Gasteiger partial charge < -0.3 is 10.8 Å². The van der Waals surface area contributed by atoms with Gasteiger partial charge in [-0.2, -0.15) is 0 Å². The molecule has 19 heavy (non-hydrogen) atoms. The maximum Gasteiger partial charge on any atom is 0.0760 e. The molecule has 2 nitrogen and oxygen atoms in total. The molecule has 108 valence electrons. The maximum atomic E-state index is 10.4. The fourth-order valence-corrected chi connectivity index (χ4v) is 3.20. The summed E-state index contributed by atoms with van der Waals surface area (Å²) in [5, 5.41) is 11.0. The van der Waals surface area contributed by atoms with E-state index in [4.69, 9.17) is 17.3 Å². The van der Waals surface area contributed by atoms with Crippen LogP contribution in [-0.2, 0) is 0 Å². The van der Waals surface area contributed by atoms with Gasteiger partial charge >= 0.3 is 0 Å². The van der Waals surface area contributed by atoms with Gasteiger partial charge in [0.15, 0.2) is 0 Å². The molecule has 1 fully saturated rings. The third-order valence-corrected chi connectivity index (χ3v) is 5.04. The molecule has 0 saturated heterocycles. The first-order valence-corrected chi connectivity index (χ1v) is 7.65. The highest BCUT2D eigenvalue weighted by molar-refractivity contribution is 9.10. The zero-order valence-electron chi connectivity index (χ0n) is 10.7. The third kappa shape index (κ3) is 4.33. The van der Waals surface area contributed by atoms with Crippen molar-refractivity contribution < 1.29 is 5.11 Å². The van der Waals surface area contributed by atoms with Crippen LogP contribution in [-0.4, -0.2) is 11.2 Å². The molecule has 1 aliphatic carbocycles. The van der Waals surface area contributed by atoms with Gasteiger partial charge in [-0.1, -0.05) is 36.9 Å². The molecule has 0 bridgehead atoms. The highest BCUT2D eigenvalue weighted by atomic mass is 79.9. The summed E-state index contributed by atoms with van der Waals surface area (Å²) in [5.41, 5.74) is 7.11. The van der Waals surface area contributed by atoms with E-state index in [-0.39, 0.29) is 18.4 Å². The Morgan fingerprint density at radius 3 is 2.47 bits per heavy atom. The summed E-state index contributed by atoms with van der Waals surface area (Å²) < 4.78 is 0.827. The lowest BCUT2D eigenvalue weighted by Crippen LogP contribution is -2.34. The summed E-state index contributed by atoms with van der Waals surface area (Å²) in [6.07, 6.45) is 5.41. The number of nitrogens with two attached hydrogens (primary N) is 1. The molecule has 1 aliphatic rings. The number of aliphatic hydroxyl groups is 1. The second-order valence-corrected chi connectivity index (χ2v) is 6.35. The van der Waals surface area contributed by atoms with Gasteiger partial charge in [0.25, 0.3) is 0 Å². The van der Waals surface area contributed by atoms with Crippen molar-refractivity contribution in [3.05, 3.63) is 33.3 Å². The van der Waals surface area contributed by atoms with E-state index in [1.807, 2.05) is 18.2 Å². The lowest BCUT2D eigenvalue weighted by molar-refractivity contribution is 0.0618. The van der Waals surface area contributed by atoms with Crippen molar-refractivity contribution in [1.29, 1.82) is 0 Å². The fraction of sp³-hybridized carbons (Fsp3) is 0.571.